The van der Waals surface area contributed by atoms with Crippen LogP contribution in [-0.4, -0.2) is 25.8 Å². The van der Waals surface area contributed by atoms with Crippen molar-refractivity contribution in [3.05, 3.63) is 23.7 Å². The highest BCUT2D eigenvalue weighted by atomic mass is 16.4. The number of fused-ring (bicyclic) bond motifs is 1. The fourth-order valence-corrected chi connectivity index (χ4v) is 1.29. The first kappa shape index (κ1) is 9.45. The number of hydrogen-bond acceptors (Lipinski definition) is 3. The standard InChI is InChI=1S/C9H10N4O2/c1-5-4-13-8(11-6(5)2)7(3-10-13)12-9(14)15/h3-4,12H,1-2H3,(H,14,15). The van der Waals surface area contributed by atoms with Crippen LogP contribution in [0.15, 0.2) is 12.4 Å². The lowest BCUT2D eigenvalue weighted by Gasteiger charge is -2.01. The Labute approximate surface area is 85.6 Å². The van der Waals surface area contributed by atoms with Crippen molar-refractivity contribution in [1.29, 1.82) is 0 Å². The highest BCUT2D eigenvalue weighted by Gasteiger charge is 2.08. The smallest absolute Gasteiger partial charge is 0.409 e. The molecule has 0 atom stereocenters. The average Bonchev–Trinajstić information content (AvgIpc) is 2.49. The zero-order valence-corrected chi connectivity index (χ0v) is 8.35. The molecular formula is C9H10N4O2. The number of nitrogens with one attached hydrogen (secondary N) is 1. The minimum atomic E-state index is -1.12. The van der Waals surface area contributed by atoms with E-state index in [2.05, 4.69) is 15.4 Å². The summed E-state index contributed by atoms with van der Waals surface area (Å²) in [6.45, 7) is 3.79. The highest BCUT2D eigenvalue weighted by Crippen LogP contribution is 2.15. The number of aryl methyl sites for hydroxylation is 2. The molecule has 0 bridgehead atoms. The van der Waals surface area contributed by atoms with E-state index in [0.717, 1.165) is 11.3 Å². The van der Waals surface area contributed by atoms with Gasteiger partial charge in [0.05, 0.1) is 6.20 Å². The molecule has 2 aromatic rings. The largest absolute Gasteiger partial charge is 0.465 e. The van der Waals surface area contributed by atoms with Crippen molar-refractivity contribution in [2.75, 3.05) is 5.32 Å². The van der Waals surface area contributed by atoms with Crippen LogP contribution in [0.1, 0.15) is 11.3 Å². The quantitative estimate of drug-likeness (QED) is 0.739. The molecule has 2 heterocycles. The molecule has 2 aromatic heterocycles. The molecule has 0 aliphatic carbocycles. The molecule has 0 radical (unpaired) electrons. The Morgan fingerprint density at radius 3 is 2.93 bits per heavy atom. The third kappa shape index (κ3) is 1.61. The molecule has 0 saturated heterocycles. The van der Waals surface area contributed by atoms with Crippen LogP contribution in [0.25, 0.3) is 5.65 Å². The van der Waals surface area contributed by atoms with Crippen molar-refractivity contribution in [1.82, 2.24) is 14.6 Å². The maximum atomic E-state index is 10.5. The third-order valence-corrected chi connectivity index (χ3v) is 2.17. The first-order chi connectivity index (χ1) is 7.08. The van der Waals surface area contributed by atoms with Crippen LogP contribution in [0.4, 0.5) is 10.5 Å². The van der Waals surface area contributed by atoms with Gasteiger partial charge >= 0.3 is 6.09 Å². The summed E-state index contributed by atoms with van der Waals surface area (Å²) in [7, 11) is 0. The number of nitrogens with zero attached hydrogens (tertiary/aromatic N) is 3. The molecular weight excluding hydrogens is 196 g/mol. The lowest BCUT2D eigenvalue weighted by atomic mass is 10.3. The number of amides is 1. The van der Waals surface area contributed by atoms with E-state index >= 15 is 0 Å². The molecule has 6 heteroatoms. The van der Waals surface area contributed by atoms with Crippen LogP contribution in [-0.2, 0) is 0 Å². The lowest BCUT2D eigenvalue weighted by molar-refractivity contribution is 0.210. The molecule has 0 unspecified atom stereocenters. The van der Waals surface area contributed by atoms with Crippen molar-refractivity contribution in [3.8, 4) is 0 Å². The Kier molecular flexibility index (Phi) is 2.03. The van der Waals surface area contributed by atoms with E-state index in [9.17, 15) is 4.79 Å². The van der Waals surface area contributed by atoms with E-state index in [0.29, 0.717) is 11.3 Å². The second-order valence-corrected chi connectivity index (χ2v) is 3.27. The van der Waals surface area contributed by atoms with E-state index in [-0.39, 0.29) is 0 Å². The van der Waals surface area contributed by atoms with Crippen LogP contribution < -0.4 is 5.32 Å². The van der Waals surface area contributed by atoms with E-state index < -0.39 is 6.09 Å². The Morgan fingerprint density at radius 2 is 2.27 bits per heavy atom. The van der Waals surface area contributed by atoms with Gasteiger partial charge in [-0.05, 0) is 19.4 Å². The Morgan fingerprint density at radius 1 is 1.53 bits per heavy atom. The third-order valence-electron chi connectivity index (χ3n) is 2.17. The first-order valence-electron chi connectivity index (χ1n) is 4.39. The second-order valence-electron chi connectivity index (χ2n) is 3.27. The van der Waals surface area contributed by atoms with E-state index in [1.54, 1.807) is 4.52 Å². The molecule has 15 heavy (non-hydrogen) atoms. The van der Waals surface area contributed by atoms with Crippen LogP contribution >= 0.6 is 0 Å². The Balaban J connectivity index is 2.59. The van der Waals surface area contributed by atoms with Crippen molar-refractivity contribution >= 4 is 17.4 Å². The predicted molar refractivity (Wildman–Crippen MR) is 54.1 cm³/mol. The topological polar surface area (TPSA) is 79.5 Å². The summed E-state index contributed by atoms with van der Waals surface area (Å²) >= 11 is 0. The van der Waals surface area contributed by atoms with Gasteiger partial charge in [-0.15, -0.1) is 0 Å². The molecule has 78 valence electrons. The number of hydrogen-bond donors (Lipinski definition) is 2. The van der Waals surface area contributed by atoms with Gasteiger partial charge in [0.15, 0.2) is 5.65 Å². The van der Waals surface area contributed by atoms with Gasteiger partial charge in [-0.2, -0.15) is 5.10 Å². The summed E-state index contributed by atoms with van der Waals surface area (Å²) in [5.74, 6) is 0. The van der Waals surface area contributed by atoms with Crippen LogP contribution in [0.2, 0.25) is 0 Å². The minimum absolute atomic E-state index is 0.394. The Hall–Kier alpha value is -2.11. The molecule has 6 nitrogen and oxygen atoms in total. The fraction of sp³-hybridized carbons (Fsp3) is 0.222. The second kappa shape index (κ2) is 3.23. The van der Waals surface area contributed by atoms with Crippen molar-refractivity contribution in [3.63, 3.8) is 0 Å². The van der Waals surface area contributed by atoms with Crippen molar-refractivity contribution < 1.29 is 9.90 Å². The molecule has 1 amide bonds. The summed E-state index contributed by atoms with van der Waals surface area (Å²) < 4.78 is 1.55. The van der Waals surface area contributed by atoms with Crippen molar-refractivity contribution in [2.24, 2.45) is 0 Å². The zero-order valence-electron chi connectivity index (χ0n) is 8.35. The summed E-state index contributed by atoms with van der Waals surface area (Å²) in [6, 6.07) is 0. The Bertz CT molecular complexity index is 532. The predicted octanol–water partition coefficient (Wildman–Crippen LogP) is 1.44. The van der Waals surface area contributed by atoms with Gasteiger partial charge in [0.2, 0.25) is 0 Å². The molecule has 0 spiro atoms. The number of carbonyl (C=O) groups is 1. The molecule has 0 aliphatic heterocycles. The molecule has 2 N–H and O–H groups in total. The van der Waals surface area contributed by atoms with Crippen LogP contribution in [0.3, 0.4) is 0 Å². The number of carboxylic acid groups (broad SMARTS) is 1. The molecule has 0 aliphatic rings. The van der Waals surface area contributed by atoms with Crippen molar-refractivity contribution in [2.45, 2.75) is 13.8 Å². The fourth-order valence-electron chi connectivity index (χ4n) is 1.29. The lowest BCUT2D eigenvalue weighted by Crippen LogP contribution is -2.07. The summed E-state index contributed by atoms with van der Waals surface area (Å²) in [5.41, 5.74) is 2.77. The van der Waals surface area contributed by atoms with Gasteiger partial charge in [0.1, 0.15) is 5.69 Å². The number of rotatable bonds is 1. The maximum absolute atomic E-state index is 10.5. The minimum Gasteiger partial charge on any atom is -0.465 e. The normalized spacial score (nSPS) is 10.5. The molecule has 0 fully saturated rings. The summed E-state index contributed by atoms with van der Waals surface area (Å²) in [6.07, 6.45) is 2.13. The molecule has 2 rings (SSSR count). The monoisotopic (exact) mass is 206 g/mol. The summed E-state index contributed by atoms with van der Waals surface area (Å²) in [5, 5.41) is 14.8. The van der Waals surface area contributed by atoms with E-state index in [1.165, 1.54) is 6.20 Å². The first-order valence-corrected chi connectivity index (χ1v) is 4.39. The van der Waals surface area contributed by atoms with Gasteiger partial charge in [0, 0.05) is 11.9 Å². The zero-order chi connectivity index (χ0) is 11.0. The van der Waals surface area contributed by atoms with Gasteiger partial charge in [0.25, 0.3) is 0 Å². The van der Waals surface area contributed by atoms with E-state index in [4.69, 9.17) is 5.11 Å². The highest BCUT2D eigenvalue weighted by molar-refractivity contribution is 5.87. The molecule has 0 saturated carbocycles. The van der Waals surface area contributed by atoms with Gasteiger partial charge in [-0.25, -0.2) is 14.3 Å². The summed E-state index contributed by atoms with van der Waals surface area (Å²) in [4.78, 5) is 14.7. The van der Waals surface area contributed by atoms with Crippen LogP contribution in [0, 0.1) is 13.8 Å². The average molecular weight is 206 g/mol. The molecule has 0 aromatic carbocycles. The number of anilines is 1. The van der Waals surface area contributed by atoms with Gasteiger partial charge in [-0.3, -0.25) is 5.32 Å². The maximum Gasteiger partial charge on any atom is 0.409 e. The number of aromatic nitrogens is 3. The van der Waals surface area contributed by atoms with Gasteiger partial charge in [-0.1, -0.05) is 0 Å². The van der Waals surface area contributed by atoms with Crippen LogP contribution in [0.5, 0.6) is 0 Å². The van der Waals surface area contributed by atoms with Gasteiger partial charge < -0.3 is 5.11 Å². The van der Waals surface area contributed by atoms with E-state index in [1.807, 2.05) is 20.0 Å². The SMILES string of the molecule is Cc1cn2ncc(NC(=O)O)c2nc1C.